The van der Waals surface area contributed by atoms with Crippen molar-refractivity contribution in [3.8, 4) is 11.5 Å². The van der Waals surface area contributed by atoms with Crippen molar-refractivity contribution in [2.24, 2.45) is 0 Å². The minimum absolute atomic E-state index is 0.864. The van der Waals surface area contributed by atoms with Gasteiger partial charge in [0, 0.05) is 0 Å². The number of benzene rings is 6. The standard InChI is InChI=1S/C33H20O/c1-19-12-14-20(15-13-19)34-21-16-17-26-29(18-21)25-9-5-11-27-30-23-7-3-2-6-22(23)24-8-4-10-28(31(24)30)33(26)32(25)27/h2-18H,1H3. The molecule has 8 aromatic rings. The van der Waals surface area contributed by atoms with E-state index in [9.17, 15) is 0 Å². The summed E-state index contributed by atoms with van der Waals surface area (Å²) in [6.07, 6.45) is 0. The van der Waals surface area contributed by atoms with Crippen molar-refractivity contribution < 1.29 is 4.74 Å². The molecule has 0 aliphatic heterocycles. The summed E-state index contributed by atoms with van der Waals surface area (Å²) >= 11 is 0. The average Bonchev–Trinajstić information content (AvgIpc) is 3.39. The Morgan fingerprint density at radius 3 is 1.50 bits per heavy atom. The number of ether oxygens (including phenoxy) is 1. The zero-order valence-corrected chi connectivity index (χ0v) is 18.7. The first-order valence-corrected chi connectivity index (χ1v) is 11.8. The molecule has 0 heterocycles. The molecule has 0 aliphatic rings. The van der Waals surface area contributed by atoms with Crippen molar-refractivity contribution >= 4 is 64.6 Å². The molecule has 0 spiro atoms. The van der Waals surface area contributed by atoms with Crippen LogP contribution in [0, 0.1) is 6.92 Å². The summed E-state index contributed by atoms with van der Waals surface area (Å²) in [5.74, 6) is 1.73. The molecule has 0 amide bonds. The molecule has 0 radical (unpaired) electrons. The van der Waals surface area contributed by atoms with Gasteiger partial charge >= 0.3 is 0 Å². The lowest BCUT2D eigenvalue weighted by molar-refractivity contribution is 0.483. The predicted molar refractivity (Wildman–Crippen MR) is 145 cm³/mol. The Hall–Kier alpha value is -4.36. The van der Waals surface area contributed by atoms with Gasteiger partial charge in [0.25, 0.3) is 0 Å². The van der Waals surface area contributed by atoms with E-state index in [2.05, 4.69) is 97.9 Å². The van der Waals surface area contributed by atoms with Crippen molar-refractivity contribution in [1.82, 2.24) is 0 Å². The Balaban J connectivity index is 1.52. The third-order valence-corrected chi connectivity index (χ3v) is 7.46. The van der Waals surface area contributed by atoms with Gasteiger partial charge in [0.15, 0.2) is 0 Å². The van der Waals surface area contributed by atoms with Crippen LogP contribution in [0.5, 0.6) is 11.5 Å². The molecule has 0 saturated carbocycles. The average molecular weight is 433 g/mol. The molecule has 8 aromatic carbocycles. The topological polar surface area (TPSA) is 9.23 Å². The van der Waals surface area contributed by atoms with Gasteiger partial charge in [-0.25, -0.2) is 0 Å². The van der Waals surface area contributed by atoms with Crippen molar-refractivity contribution in [3.63, 3.8) is 0 Å². The normalized spacial score (nSPS) is 12.3. The zero-order valence-electron chi connectivity index (χ0n) is 18.7. The van der Waals surface area contributed by atoms with E-state index in [-0.39, 0.29) is 0 Å². The van der Waals surface area contributed by atoms with E-state index in [1.807, 2.05) is 12.1 Å². The van der Waals surface area contributed by atoms with E-state index in [0.717, 1.165) is 11.5 Å². The van der Waals surface area contributed by atoms with Crippen LogP contribution in [-0.4, -0.2) is 0 Å². The molecule has 0 bridgehead atoms. The SMILES string of the molecule is Cc1ccc(Oc2ccc3c(c2)c2cccc4c5c6ccccc6c6cccc(c65)c3c24)cc1. The lowest BCUT2D eigenvalue weighted by atomic mass is 9.95. The van der Waals surface area contributed by atoms with Crippen LogP contribution in [0.2, 0.25) is 0 Å². The van der Waals surface area contributed by atoms with Gasteiger partial charge in [-0.2, -0.15) is 0 Å². The van der Waals surface area contributed by atoms with Crippen LogP contribution in [0.4, 0.5) is 0 Å². The van der Waals surface area contributed by atoms with Gasteiger partial charge in [-0.15, -0.1) is 0 Å². The minimum atomic E-state index is 0.864. The largest absolute Gasteiger partial charge is 0.457 e. The molecule has 158 valence electrons. The summed E-state index contributed by atoms with van der Waals surface area (Å²) in [6, 6.07) is 37.2. The molecule has 0 aromatic heterocycles. The second-order valence-corrected chi connectivity index (χ2v) is 9.37. The monoisotopic (exact) mass is 432 g/mol. The molecule has 0 N–H and O–H groups in total. The molecule has 0 atom stereocenters. The van der Waals surface area contributed by atoms with E-state index in [1.54, 1.807) is 0 Å². The van der Waals surface area contributed by atoms with Crippen molar-refractivity contribution in [3.05, 3.63) is 109 Å². The summed E-state index contributed by atoms with van der Waals surface area (Å²) in [4.78, 5) is 0. The fourth-order valence-electron chi connectivity index (χ4n) is 6.04. The van der Waals surface area contributed by atoms with Crippen LogP contribution in [-0.2, 0) is 0 Å². The maximum atomic E-state index is 6.24. The van der Waals surface area contributed by atoms with Gasteiger partial charge < -0.3 is 4.74 Å². The van der Waals surface area contributed by atoms with Gasteiger partial charge in [0.2, 0.25) is 0 Å². The first-order chi connectivity index (χ1) is 16.8. The van der Waals surface area contributed by atoms with E-state index >= 15 is 0 Å². The second-order valence-electron chi connectivity index (χ2n) is 9.37. The molecule has 0 saturated heterocycles. The van der Waals surface area contributed by atoms with Gasteiger partial charge in [-0.1, -0.05) is 84.4 Å². The van der Waals surface area contributed by atoms with Crippen molar-refractivity contribution in [2.75, 3.05) is 0 Å². The molecule has 0 aliphatic carbocycles. The predicted octanol–water partition coefficient (Wildman–Crippen LogP) is 9.58. The zero-order chi connectivity index (χ0) is 22.4. The van der Waals surface area contributed by atoms with Crippen LogP contribution in [0.1, 0.15) is 5.56 Å². The lowest BCUT2D eigenvalue weighted by Crippen LogP contribution is -1.84. The van der Waals surface area contributed by atoms with E-state index in [0.29, 0.717) is 0 Å². The Kier molecular flexibility index (Phi) is 3.39. The summed E-state index contributed by atoms with van der Waals surface area (Å²) in [5, 5.41) is 16.0. The van der Waals surface area contributed by atoms with Gasteiger partial charge in [-0.05, 0) is 95.8 Å². The highest BCUT2D eigenvalue weighted by Crippen LogP contribution is 2.50. The molecule has 0 unspecified atom stereocenters. The summed E-state index contributed by atoms with van der Waals surface area (Å²) in [5.41, 5.74) is 1.23. The fraction of sp³-hybridized carbons (Fsp3) is 0.0303. The van der Waals surface area contributed by atoms with Crippen LogP contribution >= 0.6 is 0 Å². The Morgan fingerprint density at radius 2 is 0.853 bits per heavy atom. The van der Waals surface area contributed by atoms with Crippen LogP contribution in [0.3, 0.4) is 0 Å². The molecule has 8 rings (SSSR count). The van der Waals surface area contributed by atoms with Crippen LogP contribution in [0.25, 0.3) is 64.6 Å². The number of rotatable bonds is 2. The number of hydrogen-bond acceptors (Lipinski definition) is 1. The summed E-state index contributed by atoms with van der Waals surface area (Å²) < 4.78 is 6.24. The lowest BCUT2D eigenvalue weighted by Gasteiger charge is -2.07. The summed E-state index contributed by atoms with van der Waals surface area (Å²) in [7, 11) is 0. The number of fused-ring (bicyclic) bond motifs is 8. The molecular weight excluding hydrogens is 412 g/mol. The van der Waals surface area contributed by atoms with E-state index in [4.69, 9.17) is 4.74 Å². The number of aryl methyl sites for hydroxylation is 1. The molecular formula is C33H20O. The summed E-state index contributed by atoms with van der Waals surface area (Å²) in [6.45, 7) is 2.09. The second kappa shape index (κ2) is 6.36. The highest BCUT2D eigenvalue weighted by Gasteiger charge is 2.21. The van der Waals surface area contributed by atoms with Gasteiger partial charge in [0.1, 0.15) is 11.5 Å². The highest BCUT2D eigenvalue weighted by molar-refractivity contribution is 6.47. The Morgan fingerprint density at radius 1 is 0.382 bits per heavy atom. The van der Waals surface area contributed by atoms with Gasteiger partial charge in [-0.3, -0.25) is 0 Å². The molecule has 0 fully saturated rings. The molecule has 1 heteroatoms. The first kappa shape index (κ1) is 18.1. The van der Waals surface area contributed by atoms with E-state index in [1.165, 1.54) is 70.2 Å². The smallest absolute Gasteiger partial charge is 0.128 e. The fourth-order valence-corrected chi connectivity index (χ4v) is 6.04. The quantitative estimate of drug-likeness (QED) is 0.247. The third-order valence-electron chi connectivity index (χ3n) is 7.46. The Bertz CT molecular complexity index is 2030. The minimum Gasteiger partial charge on any atom is -0.457 e. The van der Waals surface area contributed by atoms with Crippen LogP contribution < -0.4 is 4.74 Å². The maximum Gasteiger partial charge on any atom is 0.128 e. The van der Waals surface area contributed by atoms with Crippen molar-refractivity contribution in [1.29, 1.82) is 0 Å². The Labute approximate surface area is 196 Å². The van der Waals surface area contributed by atoms with Crippen LogP contribution in [0.15, 0.2) is 103 Å². The maximum absolute atomic E-state index is 6.24. The van der Waals surface area contributed by atoms with Gasteiger partial charge in [0.05, 0.1) is 0 Å². The molecule has 1 nitrogen and oxygen atoms in total. The third kappa shape index (κ3) is 2.24. The van der Waals surface area contributed by atoms with E-state index < -0.39 is 0 Å². The molecule has 34 heavy (non-hydrogen) atoms. The van der Waals surface area contributed by atoms with Crippen molar-refractivity contribution in [2.45, 2.75) is 6.92 Å². The first-order valence-electron chi connectivity index (χ1n) is 11.8. The highest BCUT2D eigenvalue weighted by atomic mass is 16.5. The number of hydrogen-bond donors (Lipinski definition) is 0.